The van der Waals surface area contributed by atoms with Gasteiger partial charge in [0.15, 0.2) is 11.5 Å². The normalized spacial score (nSPS) is 16.9. The summed E-state index contributed by atoms with van der Waals surface area (Å²) in [6.45, 7) is 2.05. The quantitative estimate of drug-likeness (QED) is 0.727. The monoisotopic (exact) mass is 397 g/mol. The summed E-state index contributed by atoms with van der Waals surface area (Å²) in [6.07, 6.45) is 1.41. The molecule has 1 aromatic rings. The Balaban J connectivity index is 2.44. The van der Waals surface area contributed by atoms with Gasteiger partial charge in [-0.1, -0.05) is 0 Å². The predicted molar refractivity (Wildman–Crippen MR) is 100 cm³/mol. The highest BCUT2D eigenvalue weighted by Crippen LogP contribution is 2.29. The number of amides is 1. The molecular formula is C17H23N3O6S. The first-order chi connectivity index (χ1) is 12.7. The molecule has 1 N–H and O–H groups in total. The summed E-state index contributed by atoms with van der Waals surface area (Å²) in [5, 5.41) is 2.69. The number of likely N-dealkylation sites (N-methyl/N-ethyl adjacent to an activating group) is 1. The average Bonchev–Trinajstić information content (AvgIpc) is 2.63. The molecule has 1 atom stereocenters. The van der Waals surface area contributed by atoms with E-state index in [0.29, 0.717) is 23.7 Å². The van der Waals surface area contributed by atoms with Gasteiger partial charge in [-0.25, -0.2) is 4.31 Å². The number of ether oxygens (including phenoxy) is 3. The number of carbonyl (C=O) groups excluding carboxylic acids is 1. The van der Waals surface area contributed by atoms with Gasteiger partial charge in [0.2, 0.25) is 0 Å². The Morgan fingerprint density at radius 2 is 1.89 bits per heavy atom. The third kappa shape index (κ3) is 4.58. The molecule has 1 amide bonds. The Kier molecular flexibility index (Phi) is 6.45. The number of benzene rings is 1. The van der Waals surface area contributed by atoms with E-state index in [1.54, 1.807) is 25.1 Å². The molecular weight excluding hydrogens is 374 g/mol. The summed E-state index contributed by atoms with van der Waals surface area (Å²) >= 11 is 0. The Hall–Kier alpha value is -2.59. The Morgan fingerprint density at radius 3 is 2.48 bits per heavy atom. The Bertz CT molecular complexity index is 879. The molecule has 2 rings (SSSR count). The minimum Gasteiger partial charge on any atom is -0.493 e. The van der Waals surface area contributed by atoms with Crippen LogP contribution in [0.4, 0.5) is 0 Å². The van der Waals surface area contributed by atoms with Crippen molar-refractivity contribution in [1.29, 1.82) is 0 Å². The van der Waals surface area contributed by atoms with Crippen molar-refractivity contribution in [2.75, 3.05) is 35.0 Å². The second-order valence-corrected chi connectivity index (χ2v) is 7.48. The van der Waals surface area contributed by atoms with Crippen LogP contribution >= 0.6 is 0 Å². The van der Waals surface area contributed by atoms with Crippen molar-refractivity contribution >= 4 is 21.8 Å². The van der Waals surface area contributed by atoms with E-state index in [-0.39, 0.29) is 17.5 Å². The van der Waals surface area contributed by atoms with Gasteiger partial charge < -0.3 is 19.5 Å². The first-order valence-electron chi connectivity index (χ1n) is 8.06. The lowest BCUT2D eigenvalue weighted by atomic mass is 10.1. The lowest BCUT2D eigenvalue weighted by Crippen LogP contribution is -2.42. The summed E-state index contributed by atoms with van der Waals surface area (Å²) in [6, 6.07) is 4.58. The molecule has 0 unspecified atom stereocenters. The van der Waals surface area contributed by atoms with Crippen LogP contribution in [0.1, 0.15) is 12.5 Å². The number of hydrogen-bond acceptors (Lipinski definition) is 6. The number of nitrogens with zero attached hydrogens (tertiary/aromatic N) is 2. The summed E-state index contributed by atoms with van der Waals surface area (Å²) in [7, 11) is 1.71. The van der Waals surface area contributed by atoms with Crippen LogP contribution in [0.5, 0.6) is 11.5 Å². The van der Waals surface area contributed by atoms with E-state index in [0.717, 1.165) is 4.31 Å². The highest BCUT2D eigenvalue weighted by Gasteiger charge is 2.30. The fourth-order valence-corrected chi connectivity index (χ4v) is 3.40. The molecule has 9 nitrogen and oxygen atoms in total. The highest BCUT2D eigenvalue weighted by atomic mass is 32.2. The zero-order valence-corrected chi connectivity index (χ0v) is 16.7. The van der Waals surface area contributed by atoms with E-state index >= 15 is 0 Å². The maximum absolute atomic E-state index is 12.5. The highest BCUT2D eigenvalue weighted by molar-refractivity contribution is 7.88. The molecule has 0 aliphatic carbocycles. The van der Waals surface area contributed by atoms with Crippen LogP contribution in [0.2, 0.25) is 0 Å². The molecule has 0 radical (unpaired) electrons. The first-order valence-corrected chi connectivity index (χ1v) is 9.46. The van der Waals surface area contributed by atoms with Gasteiger partial charge >= 0.3 is 10.2 Å². The molecule has 1 heterocycles. The molecule has 1 aliphatic rings. The summed E-state index contributed by atoms with van der Waals surface area (Å²) in [5.74, 6) is 0.369. The van der Waals surface area contributed by atoms with E-state index in [1.807, 2.05) is 0 Å². The van der Waals surface area contributed by atoms with Crippen molar-refractivity contribution in [3.8, 4) is 11.5 Å². The van der Waals surface area contributed by atoms with Crippen molar-refractivity contribution in [1.82, 2.24) is 9.62 Å². The molecule has 0 fully saturated rings. The molecule has 148 valence electrons. The maximum Gasteiger partial charge on any atom is 0.345 e. The summed E-state index contributed by atoms with van der Waals surface area (Å²) in [4.78, 5) is 12.5. The molecule has 10 heteroatoms. The minimum absolute atomic E-state index is 0.0438. The van der Waals surface area contributed by atoms with Crippen molar-refractivity contribution < 1.29 is 27.4 Å². The average molecular weight is 397 g/mol. The molecule has 1 aromatic carbocycles. The largest absolute Gasteiger partial charge is 0.493 e. The summed E-state index contributed by atoms with van der Waals surface area (Å²) in [5.41, 5.74) is 0.552. The van der Waals surface area contributed by atoms with E-state index in [1.165, 1.54) is 34.5 Å². The SMILES string of the molecule is COC[C@@H](C)NC(=O)C1=CC(c2ccc(OC)c(OC)c2)=NS(=O)(=O)N1C. The van der Waals surface area contributed by atoms with Gasteiger partial charge in [0, 0.05) is 25.8 Å². The molecule has 27 heavy (non-hydrogen) atoms. The third-order valence-corrected chi connectivity index (χ3v) is 5.19. The van der Waals surface area contributed by atoms with E-state index in [9.17, 15) is 13.2 Å². The number of carbonyl (C=O) groups is 1. The van der Waals surface area contributed by atoms with Gasteiger partial charge in [0.25, 0.3) is 5.91 Å². The van der Waals surface area contributed by atoms with Crippen LogP contribution in [0, 0.1) is 0 Å². The van der Waals surface area contributed by atoms with E-state index in [2.05, 4.69) is 9.71 Å². The Morgan fingerprint density at radius 1 is 1.22 bits per heavy atom. The predicted octanol–water partition coefficient (Wildman–Crippen LogP) is 0.718. The van der Waals surface area contributed by atoms with Gasteiger partial charge in [0.1, 0.15) is 5.70 Å². The van der Waals surface area contributed by atoms with Crippen LogP contribution in [-0.2, 0) is 19.7 Å². The van der Waals surface area contributed by atoms with Crippen LogP contribution in [0.15, 0.2) is 34.4 Å². The zero-order chi connectivity index (χ0) is 20.2. The topological polar surface area (TPSA) is 107 Å². The lowest BCUT2D eigenvalue weighted by molar-refractivity contribution is -0.119. The smallest absolute Gasteiger partial charge is 0.345 e. The van der Waals surface area contributed by atoms with Crippen LogP contribution in [0.25, 0.3) is 0 Å². The van der Waals surface area contributed by atoms with Gasteiger partial charge in [-0.2, -0.15) is 8.42 Å². The number of allylic oxidation sites excluding steroid dienone is 1. The standard InChI is InChI=1S/C17H23N3O6S/c1-11(10-24-3)18-17(21)14-9-13(19-27(22,23)20(14)2)12-6-7-15(25-4)16(8-12)26-5/h6-9,11H,10H2,1-5H3,(H,18,21)/t11-/m1/s1. The van der Waals surface area contributed by atoms with Crippen molar-refractivity contribution in [3.63, 3.8) is 0 Å². The van der Waals surface area contributed by atoms with Crippen LogP contribution in [0.3, 0.4) is 0 Å². The number of rotatable bonds is 7. The zero-order valence-electron chi connectivity index (χ0n) is 15.8. The van der Waals surface area contributed by atoms with Crippen molar-refractivity contribution in [3.05, 3.63) is 35.5 Å². The van der Waals surface area contributed by atoms with E-state index < -0.39 is 16.1 Å². The fourth-order valence-electron chi connectivity index (χ4n) is 2.49. The number of nitrogens with one attached hydrogen (secondary N) is 1. The van der Waals surface area contributed by atoms with Gasteiger partial charge in [-0.3, -0.25) is 4.79 Å². The third-order valence-electron chi connectivity index (χ3n) is 3.88. The lowest BCUT2D eigenvalue weighted by Gasteiger charge is -2.25. The second kappa shape index (κ2) is 8.40. The van der Waals surface area contributed by atoms with Crippen molar-refractivity contribution in [2.45, 2.75) is 13.0 Å². The number of methoxy groups -OCH3 is 3. The van der Waals surface area contributed by atoms with Crippen molar-refractivity contribution in [2.24, 2.45) is 4.40 Å². The van der Waals surface area contributed by atoms with E-state index in [4.69, 9.17) is 14.2 Å². The van der Waals surface area contributed by atoms with Crippen LogP contribution in [-0.4, -0.2) is 65.4 Å². The molecule has 0 aromatic heterocycles. The van der Waals surface area contributed by atoms with Gasteiger partial charge in [-0.15, -0.1) is 4.40 Å². The molecule has 0 saturated heterocycles. The fraction of sp³-hybridized carbons (Fsp3) is 0.412. The number of hydrogen-bond donors (Lipinski definition) is 1. The molecule has 1 aliphatic heterocycles. The molecule has 0 bridgehead atoms. The molecule has 0 saturated carbocycles. The minimum atomic E-state index is -4.05. The van der Waals surface area contributed by atoms with Crippen LogP contribution < -0.4 is 14.8 Å². The Labute approximate surface area is 158 Å². The molecule has 0 spiro atoms. The first kappa shape index (κ1) is 20.7. The van der Waals surface area contributed by atoms with Gasteiger partial charge in [-0.05, 0) is 31.2 Å². The maximum atomic E-state index is 12.5. The van der Waals surface area contributed by atoms with Gasteiger partial charge in [0.05, 0.1) is 26.5 Å². The summed E-state index contributed by atoms with van der Waals surface area (Å²) < 4.78 is 44.8. The second-order valence-electron chi connectivity index (χ2n) is 5.85.